The minimum absolute atomic E-state index is 0.0773. The van der Waals surface area contributed by atoms with Crippen LogP contribution in [0, 0.1) is 0 Å². The Labute approximate surface area is 189 Å². The van der Waals surface area contributed by atoms with Crippen molar-refractivity contribution in [1.82, 2.24) is 19.7 Å². The number of alkyl halides is 2. The third kappa shape index (κ3) is 3.63. The van der Waals surface area contributed by atoms with Gasteiger partial charge in [0.15, 0.2) is 5.43 Å². The molecule has 3 heterocycles. The summed E-state index contributed by atoms with van der Waals surface area (Å²) in [6.45, 7) is 4.30. The van der Waals surface area contributed by atoms with Gasteiger partial charge in [-0.05, 0) is 38.2 Å². The van der Waals surface area contributed by atoms with E-state index in [1.165, 1.54) is 12.3 Å². The zero-order chi connectivity index (χ0) is 23.5. The van der Waals surface area contributed by atoms with Crippen LogP contribution >= 0.6 is 0 Å². The molecule has 0 radical (unpaired) electrons. The van der Waals surface area contributed by atoms with Crippen LogP contribution in [0.2, 0.25) is 0 Å². The molecule has 0 atom stereocenters. The number of amides is 1. The summed E-state index contributed by atoms with van der Waals surface area (Å²) in [5, 5.41) is 5.11. The second-order valence-corrected chi connectivity index (χ2v) is 9.94. The molecule has 1 amide bonds. The first-order valence-electron chi connectivity index (χ1n) is 11.4. The third-order valence-electron chi connectivity index (χ3n) is 7.14. The number of nitrogens with one attached hydrogen (secondary N) is 1. The topological polar surface area (TPSA) is 107 Å². The summed E-state index contributed by atoms with van der Waals surface area (Å²) in [5.41, 5.74) is 8.65. The number of primary amides is 1. The lowest BCUT2D eigenvalue weighted by Crippen LogP contribution is -2.27. The van der Waals surface area contributed by atoms with Crippen LogP contribution < -0.4 is 11.2 Å². The maximum atomic E-state index is 13.9. The highest BCUT2D eigenvalue weighted by Gasteiger charge is 2.40. The van der Waals surface area contributed by atoms with Gasteiger partial charge < -0.3 is 10.7 Å². The van der Waals surface area contributed by atoms with Crippen molar-refractivity contribution >= 4 is 16.8 Å². The summed E-state index contributed by atoms with van der Waals surface area (Å²) in [4.78, 5) is 32.1. The van der Waals surface area contributed by atoms with Gasteiger partial charge >= 0.3 is 0 Å². The Hall–Kier alpha value is -3.10. The van der Waals surface area contributed by atoms with Crippen molar-refractivity contribution in [2.45, 2.75) is 76.2 Å². The molecule has 1 saturated carbocycles. The van der Waals surface area contributed by atoms with E-state index in [-0.39, 0.29) is 40.8 Å². The number of nitrogens with zero attached hydrogens (tertiary/aromatic N) is 3. The number of H-pyrrole nitrogens is 1. The number of nitrogens with two attached hydrogens (primary N) is 1. The number of carbonyl (C=O) groups excluding carboxylic acids is 1. The first kappa shape index (κ1) is 21.7. The summed E-state index contributed by atoms with van der Waals surface area (Å²) in [6.07, 6.45) is 4.51. The largest absolute Gasteiger partial charge is 0.364 e. The Morgan fingerprint density at radius 3 is 2.67 bits per heavy atom. The van der Waals surface area contributed by atoms with E-state index in [1.807, 2.05) is 4.68 Å². The minimum Gasteiger partial charge on any atom is -0.364 e. The summed E-state index contributed by atoms with van der Waals surface area (Å²) in [5.74, 6) is -3.41. The van der Waals surface area contributed by atoms with E-state index in [4.69, 9.17) is 10.8 Å². The lowest BCUT2D eigenvalue weighted by Gasteiger charge is -2.29. The van der Waals surface area contributed by atoms with Crippen LogP contribution in [0.1, 0.15) is 80.2 Å². The Morgan fingerprint density at radius 2 is 1.97 bits per heavy atom. The maximum Gasteiger partial charge on any atom is 0.268 e. The molecule has 3 N–H and O–H groups in total. The lowest BCUT2D eigenvalue weighted by molar-refractivity contribution is -0.0449. The molecule has 2 aliphatic rings. The third-order valence-corrected chi connectivity index (χ3v) is 7.14. The van der Waals surface area contributed by atoms with Gasteiger partial charge in [-0.2, -0.15) is 5.10 Å². The van der Waals surface area contributed by atoms with Crippen molar-refractivity contribution < 1.29 is 13.6 Å². The highest BCUT2D eigenvalue weighted by Crippen LogP contribution is 2.45. The summed E-state index contributed by atoms with van der Waals surface area (Å²) < 4.78 is 29.6. The Bertz CT molecular complexity index is 1310. The number of hydrogen-bond donors (Lipinski definition) is 2. The van der Waals surface area contributed by atoms with E-state index in [2.05, 4.69) is 23.8 Å². The van der Waals surface area contributed by atoms with Gasteiger partial charge in [0.25, 0.3) is 5.91 Å². The fourth-order valence-electron chi connectivity index (χ4n) is 5.41. The summed E-state index contributed by atoms with van der Waals surface area (Å²) in [7, 11) is 0. The number of rotatable bonds is 3. The monoisotopic (exact) mass is 455 g/mol. The average molecular weight is 456 g/mol. The second kappa shape index (κ2) is 7.46. The Balaban J connectivity index is 1.72. The van der Waals surface area contributed by atoms with Gasteiger partial charge in [-0.15, -0.1) is 0 Å². The molecule has 0 saturated heterocycles. The van der Waals surface area contributed by atoms with E-state index in [1.54, 1.807) is 6.07 Å². The fourth-order valence-corrected chi connectivity index (χ4v) is 5.41. The quantitative estimate of drug-likeness (QED) is 0.616. The molecule has 0 unspecified atom stereocenters. The van der Waals surface area contributed by atoms with Gasteiger partial charge in [0.2, 0.25) is 5.92 Å². The van der Waals surface area contributed by atoms with Crippen molar-refractivity contribution in [3.8, 4) is 11.4 Å². The highest BCUT2D eigenvalue weighted by molar-refractivity contribution is 6.03. The van der Waals surface area contributed by atoms with Gasteiger partial charge in [-0.25, -0.2) is 8.78 Å². The molecule has 2 aliphatic carbocycles. The summed E-state index contributed by atoms with van der Waals surface area (Å²) >= 11 is 0. The molecule has 174 valence electrons. The second-order valence-electron chi connectivity index (χ2n) is 9.94. The molecule has 0 aromatic carbocycles. The van der Waals surface area contributed by atoms with Crippen molar-refractivity contribution in [1.29, 1.82) is 0 Å². The number of fused-ring (bicyclic) bond motifs is 2. The molecule has 9 heteroatoms. The highest BCUT2D eigenvalue weighted by atomic mass is 19.3. The average Bonchev–Trinajstić information content (AvgIpc) is 3.14. The van der Waals surface area contributed by atoms with E-state index in [9.17, 15) is 18.4 Å². The SMILES string of the molecule is CC1(C)CCCc2c1nn(C1CCC(F)(F)CC1)c2-c1cc(=O)c2c(C(N)=O)nccc2[nH]1. The van der Waals surface area contributed by atoms with Crippen molar-refractivity contribution in [2.24, 2.45) is 5.73 Å². The number of aromatic nitrogens is 4. The molecule has 1 fully saturated rings. The molecule has 3 aromatic heterocycles. The molecule has 3 aromatic rings. The van der Waals surface area contributed by atoms with E-state index in [0.717, 1.165) is 36.2 Å². The standard InChI is InChI=1S/C24H27F2N5O2/c1-23(2)8-3-4-14-20(31(30-21(14)23)13-5-9-24(25,26)10-6-13)16-12-17(32)18-15(29-16)7-11-28-19(18)22(27)33/h7,11-13H,3-6,8-10H2,1-2H3,(H2,27,33)(H,29,32). The van der Waals surface area contributed by atoms with Gasteiger partial charge in [0, 0.05) is 36.1 Å². The summed E-state index contributed by atoms with van der Waals surface area (Å²) in [6, 6.07) is 2.91. The van der Waals surface area contributed by atoms with E-state index < -0.39 is 11.8 Å². The number of aromatic amines is 1. The van der Waals surface area contributed by atoms with Crippen molar-refractivity contribution in [2.75, 3.05) is 0 Å². The predicted molar refractivity (Wildman–Crippen MR) is 121 cm³/mol. The van der Waals surface area contributed by atoms with Crippen LogP contribution in [0.15, 0.2) is 23.1 Å². The Morgan fingerprint density at radius 1 is 1.24 bits per heavy atom. The van der Waals surface area contributed by atoms with Crippen molar-refractivity contribution in [3.05, 3.63) is 45.5 Å². The molecular weight excluding hydrogens is 428 g/mol. The first-order chi connectivity index (χ1) is 15.6. The van der Waals surface area contributed by atoms with Crippen LogP contribution in [0.25, 0.3) is 22.3 Å². The number of carbonyl (C=O) groups is 1. The number of hydrogen-bond acceptors (Lipinski definition) is 4. The zero-order valence-electron chi connectivity index (χ0n) is 18.8. The van der Waals surface area contributed by atoms with E-state index >= 15 is 0 Å². The van der Waals surface area contributed by atoms with Gasteiger partial charge in [0.05, 0.1) is 34.0 Å². The predicted octanol–water partition coefficient (Wildman–Crippen LogP) is 4.25. The van der Waals surface area contributed by atoms with E-state index in [0.29, 0.717) is 24.1 Å². The molecule has 33 heavy (non-hydrogen) atoms. The molecular formula is C24H27F2N5O2. The fraction of sp³-hybridized carbons (Fsp3) is 0.500. The smallest absolute Gasteiger partial charge is 0.268 e. The zero-order valence-corrected chi connectivity index (χ0v) is 18.8. The molecule has 7 nitrogen and oxygen atoms in total. The van der Waals surface area contributed by atoms with Crippen LogP contribution in [0.4, 0.5) is 8.78 Å². The van der Waals surface area contributed by atoms with Gasteiger partial charge in [0.1, 0.15) is 5.69 Å². The number of pyridine rings is 2. The van der Waals surface area contributed by atoms with Crippen LogP contribution in [-0.4, -0.2) is 31.6 Å². The molecule has 0 spiro atoms. The number of halogens is 2. The van der Waals surface area contributed by atoms with Gasteiger partial charge in [-0.3, -0.25) is 19.3 Å². The minimum atomic E-state index is -2.64. The lowest BCUT2D eigenvalue weighted by atomic mass is 9.76. The van der Waals surface area contributed by atoms with Crippen LogP contribution in [0.3, 0.4) is 0 Å². The molecule has 0 aliphatic heterocycles. The molecule has 5 rings (SSSR count). The van der Waals surface area contributed by atoms with Crippen molar-refractivity contribution in [3.63, 3.8) is 0 Å². The van der Waals surface area contributed by atoms with Crippen LogP contribution in [0.5, 0.6) is 0 Å². The first-order valence-corrected chi connectivity index (χ1v) is 11.4. The molecule has 0 bridgehead atoms. The maximum absolute atomic E-state index is 13.9. The normalized spacial score (nSPS) is 20.0. The van der Waals surface area contributed by atoms with Gasteiger partial charge in [-0.1, -0.05) is 13.8 Å². The Kier molecular flexibility index (Phi) is 4.91. The van der Waals surface area contributed by atoms with Crippen LogP contribution in [-0.2, 0) is 11.8 Å².